The number of methoxy groups -OCH3 is 1. The van der Waals surface area contributed by atoms with Gasteiger partial charge in [-0.05, 0) is 6.42 Å². The Balaban J connectivity index is 3.23. The van der Waals surface area contributed by atoms with Crippen LogP contribution < -0.4 is 5.32 Å². The molecule has 14 heavy (non-hydrogen) atoms. The summed E-state index contributed by atoms with van der Waals surface area (Å²) in [6.07, 6.45) is 1.01. The average molecular weight is 224 g/mol. The Labute approximate surface area is 89.9 Å². The summed E-state index contributed by atoms with van der Waals surface area (Å²) in [7, 11) is 1.32. The van der Waals surface area contributed by atoms with Crippen molar-refractivity contribution in [3.8, 4) is 0 Å². The molecule has 5 heteroatoms. The van der Waals surface area contributed by atoms with Gasteiger partial charge in [0, 0.05) is 19.7 Å². The van der Waals surface area contributed by atoms with E-state index in [0.29, 0.717) is 19.7 Å². The number of ether oxygens (including phenoxy) is 2. The van der Waals surface area contributed by atoms with Crippen molar-refractivity contribution in [2.45, 2.75) is 18.7 Å². The first kappa shape index (κ1) is 13.7. The molecule has 1 unspecified atom stereocenters. The number of alkyl halides is 1. The molecular formula is C9H18ClNO3. The zero-order chi connectivity index (χ0) is 10.8. The minimum absolute atomic E-state index is 0.406. The van der Waals surface area contributed by atoms with E-state index >= 15 is 0 Å². The van der Waals surface area contributed by atoms with E-state index in [-0.39, 0.29) is 0 Å². The maximum absolute atomic E-state index is 10.9. The van der Waals surface area contributed by atoms with Crippen molar-refractivity contribution in [2.75, 3.05) is 33.4 Å². The van der Waals surface area contributed by atoms with E-state index in [1.807, 2.05) is 0 Å². The van der Waals surface area contributed by atoms with Gasteiger partial charge in [-0.25, -0.2) is 0 Å². The Morgan fingerprint density at radius 3 is 2.79 bits per heavy atom. The number of hydrogen-bond donors (Lipinski definition) is 1. The molecule has 0 saturated heterocycles. The lowest BCUT2D eigenvalue weighted by atomic mass is 10.4. The number of carbonyl (C=O) groups excluding carboxylic acids is 1. The van der Waals surface area contributed by atoms with Gasteiger partial charge in [-0.1, -0.05) is 6.92 Å². The minimum Gasteiger partial charge on any atom is -0.468 e. The van der Waals surface area contributed by atoms with Gasteiger partial charge in [0.05, 0.1) is 13.7 Å². The molecule has 0 aromatic rings. The quantitative estimate of drug-likeness (QED) is 0.375. The van der Waals surface area contributed by atoms with Gasteiger partial charge < -0.3 is 14.8 Å². The van der Waals surface area contributed by atoms with E-state index < -0.39 is 11.3 Å². The molecule has 0 radical (unpaired) electrons. The van der Waals surface area contributed by atoms with Gasteiger partial charge in [-0.2, -0.15) is 0 Å². The van der Waals surface area contributed by atoms with Crippen LogP contribution in [0.4, 0.5) is 0 Å². The predicted octanol–water partition coefficient (Wildman–Crippen LogP) is 0.783. The Hall–Kier alpha value is -0.320. The van der Waals surface area contributed by atoms with E-state index in [1.165, 1.54) is 7.11 Å². The third-order valence-electron chi connectivity index (χ3n) is 1.55. The zero-order valence-corrected chi connectivity index (χ0v) is 9.47. The molecule has 0 aliphatic rings. The van der Waals surface area contributed by atoms with Gasteiger partial charge in [0.15, 0.2) is 0 Å². The number of halogens is 1. The maximum atomic E-state index is 10.9. The summed E-state index contributed by atoms with van der Waals surface area (Å²) in [4.78, 5) is 10.9. The van der Waals surface area contributed by atoms with Crippen LogP contribution >= 0.6 is 11.6 Å². The predicted molar refractivity (Wildman–Crippen MR) is 55.6 cm³/mol. The number of rotatable bonds is 8. The fourth-order valence-corrected chi connectivity index (χ4v) is 1.03. The molecule has 84 valence electrons. The van der Waals surface area contributed by atoms with E-state index in [0.717, 1.165) is 13.0 Å². The summed E-state index contributed by atoms with van der Waals surface area (Å²) in [6, 6.07) is 0. The summed E-state index contributed by atoms with van der Waals surface area (Å²) in [6.45, 7) is 4.56. The SMILES string of the molecule is CCCOCCNCC(Cl)C(=O)OC. The zero-order valence-electron chi connectivity index (χ0n) is 8.72. The van der Waals surface area contributed by atoms with Gasteiger partial charge in [0.2, 0.25) is 0 Å². The molecule has 1 N–H and O–H groups in total. The van der Waals surface area contributed by atoms with Crippen LogP contribution in [0.5, 0.6) is 0 Å². The van der Waals surface area contributed by atoms with Crippen molar-refractivity contribution in [2.24, 2.45) is 0 Å². The molecule has 1 atom stereocenters. The molecule has 0 amide bonds. The fourth-order valence-electron chi connectivity index (χ4n) is 0.831. The molecule has 0 spiro atoms. The maximum Gasteiger partial charge on any atom is 0.325 e. The first-order valence-corrected chi connectivity index (χ1v) is 5.16. The molecule has 0 fully saturated rings. The van der Waals surface area contributed by atoms with Gasteiger partial charge >= 0.3 is 5.97 Å². The van der Waals surface area contributed by atoms with Gasteiger partial charge in [0.1, 0.15) is 5.38 Å². The van der Waals surface area contributed by atoms with Crippen LogP contribution in [0.1, 0.15) is 13.3 Å². The van der Waals surface area contributed by atoms with E-state index in [9.17, 15) is 4.79 Å². The van der Waals surface area contributed by atoms with Crippen LogP contribution in [0.15, 0.2) is 0 Å². The molecule has 0 saturated carbocycles. The van der Waals surface area contributed by atoms with Crippen LogP contribution in [0, 0.1) is 0 Å². The van der Waals surface area contributed by atoms with Crippen LogP contribution in [-0.4, -0.2) is 44.8 Å². The standard InChI is InChI=1S/C9H18ClNO3/c1-3-5-14-6-4-11-7-8(10)9(12)13-2/h8,11H,3-7H2,1-2H3. The highest BCUT2D eigenvalue weighted by atomic mass is 35.5. The first-order chi connectivity index (χ1) is 6.72. The van der Waals surface area contributed by atoms with Crippen LogP contribution in [0.3, 0.4) is 0 Å². The molecule has 0 aliphatic carbocycles. The Morgan fingerprint density at radius 1 is 1.50 bits per heavy atom. The highest BCUT2D eigenvalue weighted by Crippen LogP contribution is 1.95. The molecular weight excluding hydrogens is 206 g/mol. The Kier molecular flexibility index (Phi) is 9.03. The van der Waals surface area contributed by atoms with Crippen molar-refractivity contribution in [3.05, 3.63) is 0 Å². The van der Waals surface area contributed by atoms with Crippen molar-refractivity contribution >= 4 is 17.6 Å². The van der Waals surface area contributed by atoms with E-state index in [2.05, 4.69) is 17.0 Å². The van der Waals surface area contributed by atoms with Crippen LogP contribution in [-0.2, 0) is 14.3 Å². The lowest BCUT2D eigenvalue weighted by molar-refractivity contribution is -0.140. The highest BCUT2D eigenvalue weighted by Gasteiger charge is 2.14. The minimum atomic E-state index is -0.619. The summed E-state index contributed by atoms with van der Waals surface area (Å²) in [5, 5.41) is 2.38. The van der Waals surface area contributed by atoms with Crippen molar-refractivity contribution in [1.82, 2.24) is 5.32 Å². The van der Waals surface area contributed by atoms with Gasteiger partial charge in [-0.15, -0.1) is 11.6 Å². The number of nitrogens with one attached hydrogen (secondary N) is 1. The van der Waals surface area contributed by atoms with Crippen molar-refractivity contribution < 1.29 is 14.3 Å². The van der Waals surface area contributed by atoms with Crippen LogP contribution in [0.2, 0.25) is 0 Å². The summed E-state index contributed by atoms with van der Waals surface area (Å²) >= 11 is 5.69. The monoisotopic (exact) mass is 223 g/mol. The molecule has 0 heterocycles. The second kappa shape index (κ2) is 9.24. The lowest BCUT2D eigenvalue weighted by Crippen LogP contribution is -2.32. The molecule has 0 aromatic heterocycles. The highest BCUT2D eigenvalue weighted by molar-refractivity contribution is 6.30. The second-order valence-corrected chi connectivity index (χ2v) is 3.33. The van der Waals surface area contributed by atoms with Gasteiger partial charge in [0.25, 0.3) is 0 Å². The lowest BCUT2D eigenvalue weighted by Gasteiger charge is -2.08. The topological polar surface area (TPSA) is 47.6 Å². The largest absolute Gasteiger partial charge is 0.468 e. The van der Waals surface area contributed by atoms with Crippen LogP contribution in [0.25, 0.3) is 0 Å². The van der Waals surface area contributed by atoms with Gasteiger partial charge in [-0.3, -0.25) is 4.79 Å². The molecule has 0 aliphatic heterocycles. The molecule has 0 aromatic carbocycles. The number of hydrogen-bond acceptors (Lipinski definition) is 4. The van der Waals surface area contributed by atoms with Crippen molar-refractivity contribution in [1.29, 1.82) is 0 Å². The summed E-state index contributed by atoms with van der Waals surface area (Å²) in [5.74, 6) is -0.409. The molecule has 0 bridgehead atoms. The summed E-state index contributed by atoms with van der Waals surface area (Å²) < 4.78 is 9.70. The average Bonchev–Trinajstić information content (AvgIpc) is 2.21. The third kappa shape index (κ3) is 7.12. The summed E-state index contributed by atoms with van der Waals surface area (Å²) in [5.41, 5.74) is 0. The third-order valence-corrected chi connectivity index (χ3v) is 1.88. The molecule has 4 nitrogen and oxygen atoms in total. The normalized spacial score (nSPS) is 12.5. The van der Waals surface area contributed by atoms with E-state index in [1.54, 1.807) is 0 Å². The number of carbonyl (C=O) groups is 1. The Morgan fingerprint density at radius 2 is 2.21 bits per heavy atom. The van der Waals surface area contributed by atoms with E-state index in [4.69, 9.17) is 16.3 Å². The smallest absolute Gasteiger partial charge is 0.325 e. The second-order valence-electron chi connectivity index (χ2n) is 2.81. The first-order valence-electron chi connectivity index (χ1n) is 4.72. The number of esters is 1. The molecule has 0 rings (SSSR count). The van der Waals surface area contributed by atoms with Crippen molar-refractivity contribution in [3.63, 3.8) is 0 Å². The fraction of sp³-hybridized carbons (Fsp3) is 0.889. The Bertz CT molecular complexity index is 155.